The first-order valence-electron chi connectivity index (χ1n) is 9.40. The van der Waals surface area contributed by atoms with Crippen LogP contribution in [0.2, 0.25) is 0 Å². The van der Waals surface area contributed by atoms with Gasteiger partial charge in [-0.3, -0.25) is 14.4 Å². The molecule has 0 spiro atoms. The van der Waals surface area contributed by atoms with Gasteiger partial charge in [0.2, 0.25) is 11.8 Å². The molecule has 0 radical (unpaired) electrons. The fraction of sp³-hybridized carbons (Fsp3) is 0.318. The van der Waals surface area contributed by atoms with E-state index in [1.807, 2.05) is 0 Å². The van der Waals surface area contributed by atoms with Crippen molar-refractivity contribution in [1.29, 1.82) is 0 Å². The number of hydrogen-bond acceptors (Lipinski definition) is 3. The van der Waals surface area contributed by atoms with Crippen molar-refractivity contribution in [1.82, 2.24) is 4.90 Å². The maximum absolute atomic E-state index is 13.3. The number of anilines is 1. The molecule has 3 rings (SSSR count). The van der Waals surface area contributed by atoms with Crippen molar-refractivity contribution in [3.05, 3.63) is 65.5 Å². The zero-order valence-corrected chi connectivity index (χ0v) is 16.3. The van der Waals surface area contributed by atoms with E-state index in [2.05, 4.69) is 5.32 Å². The number of aliphatic carboxylic acids is 1. The number of nitrogens with one attached hydrogen (secondary N) is 1. The van der Waals surface area contributed by atoms with Gasteiger partial charge in [0.25, 0.3) is 0 Å². The van der Waals surface area contributed by atoms with E-state index in [9.17, 15) is 18.8 Å². The van der Waals surface area contributed by atoms with Gasteiger partial charge < -0.3 is 15.3 Å². The lowest BCUT2D eigenvalue weighted by Crippen LogP contribution is -2.30. The number of carbonyl (C=O) groups is 3. The van der Waals surface area contributed by atoms with E-state index >= 15 is 0 Å². The first kappa shape index (κ1) is 20.5. The molecule has 2 aromatic carbocycles. The summed E-state index contributed by atoms with van der Waals surface area (Å²) in [4.78, 5) is 37.6. The van der Waals surface area contributed by atoms with Gasteiger partial charge in [0, 0.05) is 19.2 Å². The summed E-state index contributed by atoms with van der Waals surface area (Å²) in [6.07, 6.45) is 0.483. The van der Waals surface area contributed by atoms with Gasteiger partial charge in [-0.25, -0.2) is 4.39 Å². The molecule has 2 amide bonds. The Bertz CT molecular complexity index is 911. The van der Waals surface area contributed by atoms with Crippen molar-refractivity contribution in [3.63, 3.8) is 0 Å². The third-order valence-corrected chi connectivity index (χ3v) is 5.32. The largest absolute Gasteiger partial charge is 0.481 e. The van der Waals surface area contributed by atoms with Gasteiger partial charge in [-0.05, 0) is 41.8 Å². The molecule has 0 aliphatic carbocycles. The second-order valence-electron chi connectivity index (χ2n) is 7.44. The highest BCUT2D eigenvalue weighted by atomic mass is 19.1. The van der Waals surface area contributed by atoms with E-state index in [-0.39, 0.29) is 24.1 Å². The number of rotatable bonds is 6. The zero-order chi connectivity index (χ0) is 21.1. The van der Waals surface area contributed by atoms with E-state index < -0.39 is 23.8 Å². The second-order valence-corrected chi connectivity index (χ2v) is 7.44. The van der Waals surface area contributed by atoms with E-state index in [0.717, 1.165) is 5.56 Å². The molecule has 6 nitrogen and oxygen atoms in total. The summed E-state index contributed by atoms with van der Waals surface area (Å²) < 4.78 is 13.3. The van der Waals surface area contributed by atoms with Crippen LogP contribution in [0, 0.1) is 17.7 Å². The number of benzene rings is 2. The molecule has 1 aliphatic rings. The molecular weight excluding hydrogens is 375 g/mol. The fourth-order valence-corrected chi connectivity index (χ4v) is 3.62. The Hall–Kier alpha value is -3.22. The van der Waals surface area contributed by atoms with Crippen LogP contribution in [0.5, 0.6) is 0 Å². The molecule has 7 heteroatoms. The van der Waals surface area contributed by atoms with Gasteiger partial charge in [-0.15, -0.1) is 0 Å². The first-order valence-corrected chi connectivity index (χ1v) is 9.40. The van der Waals surface area contributed by atoms with Crippen LogP contribution in [0.3, 0.4) is 0 Å². The molecule has 1 fully saturated rings. The van der Waals surface area contributed by atoms with Gasteiger partial charge >= 0.3 is 5.97 Å². The van der Waals surface area contributed by atoms with Gasteiger partial charge in [-0.2, -0.15) is 0 Å². The standard InChI is InChI=1S/C22H23FN2O4/c1-13(22(28)29)11-14-3-9-17(10-4-14)24-21(27)18-12-19(26)25(2)20(18)15-5-7-16(23)8-6-15/h3-10,13,18,20H,11-12H2,1-2H3,(H,24,27)(H,28,29). The van der Waals surface area contributed by atoms with Crippen molar-refractivity contribution in [2.75, 3.05) is 12.4 Å². The van der Waals surface area contributed by atoms with Crippen molar-refractivity contribution in [2.24, 2.45) is 11.8 Å². The topological polar surface area (TPSA) is 86.7 Å². The number of halogens is 1. The first-order chi connectivity index (χ1) is 13.8. The second kappa shape index (κ2) is 8.43. The molecule has 0 saturated carbocycles. The lowest BCUT2D eigenvalue weighted by molar-refractivity contribution is -0.141. The Morgan fingerprint density at radius 1 is 1.17 bits per heavy atom. The summed E-state index contributed by atoms with van der Waals surface area (Å²) in [5, 5.41) is 11.8. The molecule has 1 saturated heterocycles. The third-order valence-electron chi connectivity index (χ3n) is 5.32. The molecule has 2 aromatic rings. The van der Waals surface area contributed by atoms with Crippen LogP contribution in [-0.4, -0.2) is 34.8 Å². The van der Waals surface area contributed by atoms with Crippen molar-refractivity contribution in [2.45, 2.75) is 25.8 Å². The molecule has 3 atom stereocenters. The number of amides is 2. The summed E-state index contributed by atoms with van der Waals surface area (Å²) in [5.74, 6) is -2.75. The smallest absolute Gasteiger partial charge is 0.306 e. The third kappa shape index (κ3) is 4.62. The Morgan fingerprint density at radius 3 is 2.38 bits per heavy atom. The number of carbonyl (C=O) groups excluding carboxylic acids is 2. The van der Waals surface area contributed by atoms with E-state index in [4.69, 9.17) is 5.11 Å². The fourth-order valence-electron chi connectivity index (χ4n) is 3.62. The van der Waals surface area contributed by atoms with Crippen LogP contribution < -0.4 is 5.32 Å². The maximum atomic E-state index is 13.3. The average molecular weight is 398 g/mol. The molecular formula is C22H23FN2O4. The van der Waals surface area contributed by atoms with E-state index in [0.29, 0.717) is 17.7 Å². The predicted molar refractivity (Wildman–Crippen MR) is 106 cm³/mol. The minimum absolute atomic E-state index is 0.0819. The summed E-state index contributed by atoms with van der Waals surface area (Å²) in [5.41, 5.74) is 2.14. The van der Waals surface area contributed by atoms with Crippen LogP contribution >= 0.6 is 0 Å². The molecule has 3 unspecified atom stereocenters. The molecule has 1 heterocycles. The Morgan fingerprint density at radius 2 is 1.79 bits per heavy atom. The SMILES string of the molecule is CC(Cc1ccc(NC(=O)C2CC(=O)N(C)C2c2ccc(F)cc2)cc1)C(=O)O. The molecule has 152 valence electrons. The number of carboxylic acid groups (broad SMARTS) is 1. The van der Waals surface area contributed by atoms with Crippen LogP contribution in [-0.2, 0) is 20.8 Å². The molecule has 29 heavy (non-hydrogen) atoms. The number of hydrogen-bond donors (Lipinski definition) is 2. The minimum Gasteiger partial charge on any atom is -0.481 e. The zero-order valence-electron chi connectivity index (χ0n) is 16.3. The maximum Gasteiger partial charge on any atom is 0.306 e. The van der Waals surface area contributed by atoms with Crippen LogP contribution in [0.1, 0.15) is 30.5 Å². The molecule has 1 aliphatic heterocycles. The Kier molecular flexibility index (Phi) is 5.96. The number of nitrogens with zero attached hydrogens (tertiary/aromatic N) is 1. The Balaban J connectivity index is 1.72. The summed E-state index contributed by atoms with van der Waals surface area (Å²) in [6, 6.07) is 12.3. The molecule has 0 bridgehead atoms. The predicted octanol–water partition coefficient (Wildman–Crippen LogP) is 3.25. The van der Waals surface area contributed by atoms with E-state index in [1.165, 1.54) is 17.0 Å². The average Bonchev–Trinajstić information content (AvgIpc) is 2.99. The van der Waals surface area contributed by atoms with Gasteiger partial charge in [0.1, 0.15) is 5.82 Å². The van der Waals surface area contributed by atoms with Crippen LogP contribution in [0.15, 0.2) is 48.5 Å². The van der Waals surface area contributed by atoms with Gasteiger partial charge in [0.15, 0.2) is 0 Å². The number of carboxylic acids is 1. The van der Waals surface area contributed by atoms with E-state index in [1.54, 1.807) is 50.4 Å². The van der Waals surface area contributed by atoms with Crippen LogP contribution in [0.25, 0.3) is 0 Å². The highest BCUT2D eigenvalue weighted by molar-refractivity contribution is 5.97. The lowest BCUT2D eigenvalue weighted by Gasteiger charge is -2.25. The quantitative estimate of drug-likeness (QED) is 0.782. The van der Waals surface area contributed by atoms with Crippen molar-refractivity contribution in [3.8, 4) is 0 Å². The Labute approximate surface area is 168 Å². The number of likely N-dealkylation sites (tertiary alicyclic amines) is 1. The molecule has 0 aromatic heterocycles. The van der Waals surface area contributed by atoms with Crippen molar-refractivity contribution >= 4 is 23.5 Å². The normalized spacial score (nSPS) is 19.8. The van der Waals surface area contributed by atoms with Gasteiger partial charge in [0.05, 0.1) is 17.9 Å². The summed E-state index contributed by atoms with van der Waals surface area (Å²) in [7, 11) is 1.64. The monoisotopic (exact) mass is 398 g/mol. The lowest BCUT2D eigenvalue weighted by atomic mass is 9.92. The minimum atomic E-state index is -0.857. The van der Waals surface area contributed by atoms with Crippen LogP contribution in [0.4, 0.5) is 10.1 Å². The highest BCUT2D eigenvalue weighted by Gasteiger charge is 2.42. The van der Waals surface area contributed by atoms with Crippen molar-refractivity contribution < 1.29 is 23.9 Å². The summed E-state index contributed by atoms with van der Waals surface area (Å²) >= 11 is 0. The summed E-state index contributed by atoms with van der Waals surface area (Å²) in [6.45, 7) is 1.64. The highest BCUT2D eigenvalue weighted by Crippen LogP contribution is 2.37. The molecule has 2 N–H and O–H groups in total. The van der Waals surface area contributed by atoms with Gasteiger partial charge in [-0.1, -0.05) is 31.2 Å².